The SMILES string of the molecule is O=C(Cc1cccs1)Oc1ccc2c(c1)O/C(=C\c1ccc(-c3ccccc3)cc1)C2=O. The Labute approximate surface area is 189 Å². The van der Waals surface area contributed by atoms with E-state index in [0.717, 1.165) is 21.6 Å². The number of carbonyl (C=O) groups excluding carboxylic acids is 2. The van der Waals surface area contributed by atoms with Crippen molar-refractivity contribution in [2.75, 3.05) is 0 Å². The Morgan fingerprint density at radius 3 is 2.44 bits per heavy atom. The third-order valence-corrected chi connectivity index (χ3v) is 5.96. The van der Waals surface area contributed by atoms with Crippen molar-refractivity contribution in [3.05, 3.63) is 112 Å². The molecule has 2 heterocycles. The summed E-state index contributed by atoms with van der Waals surface area (Å²) < 4.78 is 11.2. The first kappa shape index (κ1) is 20.0. The first-order valence-corrected chi connectivity index (χ1v) is 11.0. The van der Waals surface area contributed by atoms with Crippen LogP contribution in [0.5, 0.6) is 11.5 Å². The lowest BCUT2D eigenvalue weighted by Crippen LogP contribution is -2.10. The zero-order valence-electron chi connectivity index (χ0n) is 17.0. The van der Waals surface area contributed by atoms with E-state index in [1.54, 1.807) is 24.3 Å². The van der Waals surface area contributed by atoms with Crippen molar-refractivity contribution in [3.8, 4) is 22.6 Å². The predicted molar refractivity (Wildman–Crippen MR) is 125 cm³/mol. The summed E-state index contributed by atoms with van der Waals surface area (Å²) in [5.41, 5.74) is 3.55. The molecule has 32 heavy (non-hydrogen) atoms. The van der Waals surface area contributed by atoms with Gasteiger partial charge in [0.1, 0.15) is 11.5 Å². The lowest BCUT2D eigenvalue weighted by Gasteiger charge is -2.05. The summed E-state index contributed by atoms with van der Waals surface area (Å²) in [7, 11) is 0. The van der Waals surface area contributed by atoms with Crippen molar-refractivity contribution in [3.63, 3.8) is 0 Å². The lowest BCUT2D eigenvalue weighted by molar-refractivity contribution is -0.133. The van der Waals surface area contributed by atoms with Gasteiger partial charge in [0, 0.05) is 10.9 Å². The Morgan fingerprint density at radius 1 is 0.906 bits per heavy atom. The second kappa shape index (κ2) is 8.65. The number of ketones is 1. The molecule has 0 spiro atoms. The van der Waals surface area contributed by atoms with Crippen LogP contribution < -0.4 is 9.47 Å². The van der Waals surface area contributed by atoms with E-state index in [1.165, 1.54) is 11.3 Å². The maximum absolute atomic E-state index is 12.7. The van der Waals surface area contributed by atoms with Crippen LogP contribution in [0.4, 0.5) is 0 Å². The molecule has 1 aromatic heterocycles. The molecule has 0 bridgehead atoms. The molecule has 0 aliphatic carbocycles. The average Bonchev–Trinajstić information content (AvgIpc) is 3.42. The van der Waals surface area contributed by atoms with Crippen LogP contribution in [-0.2, 0) is 11.2 Å². The summed E-state index contributed by atoms with van der Waals surface area (Å²) in [5, 5.41) is 1.92. The van der Waals surface area contributed by atoms with Crippen molar-refractivity contribution in [1.82, 2.24) is 0 Å². The molecule has 1 aliphatic rings. The molecule has 3 aromatic carbocycles. The third-order valence-electron chi connectivity index (χ3n) is 5.09. The summed E-state index contributed by atoms with van der Waals surface area (Å²) in [6, 6.07) is 26.6. The van der Waals surface area contributed by atoms with Gasteiger partial charge in [-0.25, -0.2) is 0 Å². The van der Waals surface area contributed by atoms with Crippen molar-refractivity contribution in [2.24, 2.45) is 0 Å². The molecule has 0 saturated carbocycles. The van der Waals surface area contributed by atoms with Crippen molar-refractivity contribution in [1.29, 1.82) is 0 Å². The second-order valence-corrected chi connectivity index (χ2v) is 8.35. The summed E-state index contributed by atoms with van der Waals surface area (Å²) in [5.74, 6) is 0.444. The van der Waals surface area contributed by atoms with Crippen LogP contribution in [0.3, 0.4) is 0 Å². The molecule has 0 fully saturated rings. The third kappa shape index (κ3) is 4.24. The molecule has 0 saturated heterocycles. The lowest BCUT2D eigenvalue weighted by atomic mass is 10.0. The van der Waals surface area contributed by atoms with Gasteiger partial charge in [-0.1, -0.05) is 60.7 Å². The molecule has 0 unspecified atom stereocenters. The van der Waals surface area contributed by atoms with E-state index in [2.05, 4.69) is 12.1 Å². The van der Waals surface area contributed by atoms with Gasteiger partial charge in [-0.3, -0.25) is 9.59 Å². The number of esters is 1. The van der Waals surface area contributed by atoms with Crippen molar-refractivity contribution in [2.45, 2.75) is 6.42 Å². The quantitative estimate of drug-likeness (QED) is 0.212. The van der Waals surface area contributed by atoms with E-state index in [-0.39, 0.29) is 23.9 Å². The highest BCUT2D eigenvalue weighted by atomic mass is 32.1. The number of ether oxygens (including phenoxy) is 2. The molecule has 4 aromatic rings. The number of carbonyl (C=O) groups is 2. The smallest absolute Gasteiger partial charge is 0.316 e. The number of fused-ring (bicyclic) bond motifs is 1. The Balaban J connectivity index is 1.30. The topological polar surface area (TPSA) is 52.6 Å². The molecular formula is C27H18O4S. The molecule has 0 radical (unpaired) electrons. The maximum Gasteiger partial charge on any atom is 0.316 e. The minimum absolute atomic E-state index is 0.191. The van der Waals surface area contributed by atoms with E-state index in [1.807, 2.05) is 60.0 Å². The highest BCUT2D eigenvalue weighted by molar-refractivity contribution is 7.10. The predicted octanol–water partition coefficient (Wildman–Crippen LogP) is 6.18. The minimum atomic E-state index is -0.356. The van der Waals surface area contributed by atoms with Gasteiger partial charge < -0.3 is 9.47 Å². The molecule has 0 atom stereocenters. The monoisotopic (exact) mass is 438 g/mol. The standard InChI is InChI=1S/C27H18O4S/c28-26(17-22-7-4-14-32-22)30-21-12-13-23-24(16-21)31-25(27(23)29)15-18-8-10-20(11-9-18)19-5-2-1-3-6-19/h1-16H,17H2/b25-15-. The van der Waals surface area contributed by atoms with Gasteiger partial charge >= 0.3 is 5.97 Å². The normalized spacial score (nSPS) is 13.6. The van der Waals surface area contributed by atoms with Gasteiger partial charge in [0.05, 0.1) is 12.0 Å². The Kier molecular flexibility index (Phi) is 5.40. The Morgan fingerprint density at radius 2 is 1.69 bits per heavy atom. The fraction of sp³-hybridized carbons (Fsp3) is 0.0370. The van der Waals surface area contributed by atoms with Crippen LogP contribution in [0, 0.1) is 0 Å². The Bertz CT molecular complexity index is 1300. The van der Waals surface area contributed by atoms with Gasteiger partial charge in [0.25, 0.3) is 0 Å². The first-order chi connectivity index (χ1) is 15.7. The highest BCUT2D eigenvalue weighted by Gasteiger charge is 2.28. The van der Waals surface area contributed by atoms with E-state index < -0.39 is 0 Å². The average molecular weight is 439 g/mol. The van der Waals surface area contributed by atoms with Gasteiger partial charge in [-0.05, 0) is 46.3 Å². The van der Waals surface area contributed by atoms with E-state index in [9.17, 15) is 9.59 Å². The number of allylic oxidation sites excluding steroid dienone is 1. The Hall–Kier alpha value is -3.96. The zero-order valence-corrected chi connectivity index (χ0v) is 17.8. The molecule has 0 N–H and O–H groups in total. The number of benzene rings is 3. The van der Waals surface area contributed by atoms with Gasteiger partial charge in [0.15, 0.2) is 5.76 Å². The summed E-state index contributed by atoms with van der Waals surface area (Å²) in [6.07, 6.45) is 1.93. The first-order valence-electron chi connectivity index (χ1n) is 10.1. The largest absolute Gasteiger partial charge is 0.452 e. The van der Waals surface area contributed by atoms with E-state index >= 15 is 0 Å². The number of rotatable bonds is 5. The maximum atomic E-state index is 12.7. The number of hydrogen-bond acceptors (Lipinski definition) is 5. The van der Waals surface area contributed by atoms with Crippen LogP contribution in [0.15, 0.2) is 96.1 Å². The molecule has 5 heteroatoms. The highest BCUT2D eigenvalue weighted by Crippen LogP contribution is 2.35. The molecule has 156 valence electrons. The van der Waals surface area contributed by atoms with Crippen LogP contribution in [0.2, 0.25) is 0 Å². The van der Waals surface area contributed by atoms with Crippen LogP contribution in [0.25, 0.3) is 17.2 Å². The number of Topliss-reactive ketones (excluding diaryl/α,β-unsaturated/α-hetero) is 1. The molecule has 0 amide bonds. The number of hydrogen-bond donors (Lipinski definition) is 0. The second-order valence-electron chi connectivity index (χ2n) is 7.32. The molecular weight excluding hydrogens is 420 g/mol. The van der Waals surface area contributed by atoms with E-state index in [4.69, 9.17) is 9.47 Å². The summed E-state index contributed by atoms with van der Waals surface area (Å²) >= 11 is 1.51. The van der Waals surface area contributed by atoms with Crippen molar-refractivity contribution < 1.29 is 19.1 Å². The minimum Gasteiger partial charge on any atom is -0.452 e. The fourth-order valence-corrected chi connectivity index (χ4v) is 4.20. The number of thiophene rings is 1. The summed E-state index contributed by atoms with van der Waals surface area (Å²) in [6.45, 7) is 0. The summed E-state index contributed by atoms with van der Waals surface area (Å²) in [4.78, 5) is 25.8. The van der Waals surface area contributed by atoms with Gasteiger partial charge in [0.2, 0.25) is 5.78 Å². The molecule has 4 nitrogen and oxygen atoms in total. The molecule has 5 rings (SSSR count). The van der Waals surface area contributed by atoms with Gasteiger partial charge in [-0.15, -0.1) is 11.3 Å². The zero-order chi connectivity index (χ0) is 21.9. The van der Waals surface area contributed by atoms with Crippen LogP contribution >= 0.6 is 11.3 Å². The van der Waals surface area contributed by atoms with Crippen LogP contribution in [0.1, 0.15) is 20.8 Å². The van der Waals surface area contributed by atoms with Crippen molar-refractivity contribution >= 4 is 29.2 Å². The van der Waals surface area contributed by atoms with E-state index in [0.29, 0.717) is 17.1 Å². The molecule has 1 aliphatic heterocycles. The fourth-order valence-electron chi connectivity index (χ4n) is 3.51. The van der Waals surface area contributed by atoms with Crippen LogP contribution in [-0.4, -0.2) is 11.8 Å². The van der Waals surface area contributed by atoms with Gasteiger partial charge in [-0.2, -0.15) is 0 Å².